The van der Waals surface area contributed by atoms with E-state index in [0.717, 1.165) is 36.2 Å². The number of amides is 2. The summed E-state index contributed by atoms with van der Waals surface area (Å²) in [6.45, 7) is 11.5. The van der Waals surface area contributed by atoms with Crippen molar-refractivity contribution in [3.8, 4) is 11.1 Å². The van der Waals surface area contributed by atoms with Gasteiger partial charge in [0.25, 0.3) is 5.91 Å². The molecule has 9 heteroatoms. The number of alkyl carbamates (subject to hydrolysis) is 1. The molecule has 1 unspecified atom stereocenters. The molecule has 1 fully saturated rings. The number of benzene rings is 3. The molecule has 1 aromatic heterocycles. The number of likely N-dealkylation sites (tertiary alicyclic amines) is 1. The molecule has 0 aliphatic carbocycles. The van der Waals surface area contributed by atoms with Crippen molar-refractivity contribution >= 4 is 23.0 Å². The number of aromatic nitrogens is 2. The quantitative estimate of drug-likeness (QED) is 0.226. The first kappa shape index (κ1) is 30.2. The van der Waals surface area contributed by atoms with Crippen LogP contribution in [0.1, 0.15) is 57.2 Å². The summed E-state index contributed by atoms with van der Waals surface area (Å²) in [5.74, 6) is -0.193. The summed E-state index contributed by atoms with van der Waals surface area (Å²) in [6, 6.07) is 22.3. The first-order valence-electron chi connectivity index (χ1n) is 14.7. The van der Waals surface area contributed by atoms with Crippen LogP contribution in [0.3, 0.4) is 0 Å². The van der Waals surface area contributed by atoms with Crippen LogP contribution in [0.4, 0.5) is 9.18 Å². The normalized spacial score (nSPS) is 17.6. The van der Waals surface area contributed by atoms with Gasteiger partial charge in [0.05, 0.1) is 11.0 Å². The third-order valence-corrected chi connectivity index (χ3v) is 7.97. The fourth-order valence-corrected chi connectivity index (χ4v) is 5.63. The average molecular weight is 586 g/mol. The molecule has 2 atom stereocenters. The monoisotopic (exact) mass is 585 g/mol. The maximum absolute atomic E-state index is 13.4. The minimum absolute atomic E-state index is 0.0586. The lowest BCUT2D eigenvalue weighted by Gasteiger charge is -2.33. The Kier molecular flexibility index (Phi) is 8.55. The zero-order valence-electron chi connectivity index (χ0n) is 25.4. The van der Waals surface area contributed by atoms with Crippen LogP contribution >= 0.6 is 0 Å². The van der Waals surface area contributed by atoms with Crippen molar-refractivity contribution in [2.45, 2.75) is 64.8 Å². The van der Waals surface area contributed by atoms with Gasteiger partial charge in [-0.25, -0.2) is 14.2 Å². The molecule has 4 aromatic rings. The topological polar surface area (TPSA) is 99.4 Å². The highest BCUT2D eigenvalue weighted by molar-refractivity contribution is 5.95. The molecule has 3 aromatic carbocycles. The Morgan fingerprint density at radius 2 is 1.70 bits per heavy atom. The van der Waals surface area contributed by atoms with Crippen LogP contribution in [0, 0.1) is 11.7 Å². The van der Waals surface area contributed by atoms with E-state index in [9.17, 15) is 14.0 Å². The van der Waals surface area contributed by atoms with Crippen molar-refractivity contribution in [1.82, 2.24) is 25.5 Å². The summed E-state index contributed by atoms with van der Waals surface area (Å²) in [4.78, 5) is 35.9. The van der Waals surface area contributed by atoms with Crippen molar-refractivity contribution in [1.29, 1.82) is 0 Å². The van der Waals surface area contributed by atoms with Crippen molar-refractivity contribution in [2.24, 2.45) is 5.92 Å². The summed E-state index contributed by atoms with van der Waals surface area (Å²) >= 11 is 0. The lowest BCUT2D eigenvalue weighted by atomic mass is 9.85. The molecule has 0 radical (unpaired) electrons. The number of hydrogen-bond acceptors (Lipinski definition) is 5. The van der Waals surface area contributed by atoms with Crippen molar-refractivity contribution < 1.29 is 18.7 Å². The Labute approximate surface area is 252 Å². The highest BCUT2D eigenvalue weighted by Crippen LogP contribution is 2.33. The average Bonchev–Trinajstić information content (AvgIpc) is 3.55. The largest absolute Gasteiger partial charge is 0.444 e. The van der Waals surface area contributed by atoms with Crippen LogP contribution in [0.2, 0.25) is 0 Å². The molecule has 1 aliphatic rings. The molecular weight excluding hydrogens is 545 g/mol. The van der Waals surface area contributed by atoms with Gasteiger partial charge in [-0.15, -0.1) is 0 Å². The van der Waals surface area contributed by atoms with Crippen LogP contribution in [0.25, 0.3) is 22.2 Å². The first-order valence-corrected chi connectivity index (χ1v) is 14.7. The second-order valence-corrected chi connectivity index (χ2v) is 12.9. The Hall–Kier alpha value is -4.24. The maximum Gasteiger partial charge on any atom is 0.408 e. The van der Waals surface area contributed by atoms with Crippen LogP contribution in [-0.4, -0.2) is 57.1 Å². The van der Waals surface area contributed by atoms with Crippen molar-refractivity contribution in [3.05, 3.63) is 90.0 Å². The summed E-state index contributed by atoms with van der Waals surface area (Å²) in [5, 5.41) is 6.16. The third-order valence-electron chi connectivity index (χ3n) is 7.97. The lowest BCUT2D eigenvalue weighted by Crippen LogP contribution is -2.51. The van der Waals surface area contributed by atoms with Gasteiger partial charge in [-0.2, -0.15) is 0 Å². The Balaban J connectivity index is 1.28. The van der Waals surface area contributed by atoms with Gasteiger partial charge < -0.3 is 20.4 Å². The summed E-state index contributed by atoms with van der Waals surface area (Å²) in [5.41, 5.74) is 3.28. The molecule has 1 aliphatic heterocycles. The molecule has 0 saturated carbocycles. The molecule has 1 saturated heterocycles. The number of ether oxygens (including phenoxy) is 1. The van der Waals surface area contributed by atoms with E-state index >= 15 is 0 Å². The van der Waals surface area contributed by atoms with E-state index in [1.165, 1.54) is 17.7 Å². The minimum Gasteiger partial charge on any atom is -0.444 e. The molecule has 0 bridgehead atoms. The molecule has 2 heterocycles. The van der Waals surface area contributed by atoms with Crippen LogP contribution in [-0.2, 0) is 11.3 Å². The second-order valence-electron chi connectivity index (χ2n) is 12.9. The molecule has 3 N–H and O–H groups in total. The van der Waals surface area contributed by atoms with Crippen molar-refractivity contribution in [3.63, 3.8) is 0 Å². The smallest absolute Gasteiger partial charge is 0.408 e. The first-order chi connectivity index (χ1) is 20.4. The van der Waals surface area contributed by atoms with Crippen LogP contribution in [0.15, 0.2) is 72.8 Å². The zero-order valence-corrected chi connectivity index (χ0v) is 25.4. The zero-order chi connectivity index (χ0) is 30.8. The number of hydrogen-bond donors (Lipinski definition) is 3. The van der Waals surface area contributed by atoms with Gasteiger partial charge in [0.1, 0.15) is 11.4 Å². The summed E-state index contributed by atoms with van der Waals surface area (Å²) in [7, 11) is 0. The van der Waals surface area contributed by atoms with Crippen LogP contribution < -0.4 is 10.6 Å². The van der Waals surface area contributed by atoms with E-state index in [1.807, 2.05) is 71.0 Å². The van der Waals surface area contributed by atoms with Crippen LogP contribution in [0.5, 0.6) is 0 Å². The SMILES string of the molecule is CC(C)(C)OC(=O)NC(C)(C)C1C[C@@H](CNC(=O)c2nc3ccc(-c4ccc(F)cc4)cc3[nH]2)N(Cc2ccccc2)C1. The number of carbonyl (C=O) groups is 2. The Morgan fingerprint density at radius 3 is 2.40 bits per heavy atom. The highest BCUT2D eigenvalue weighted by atomic mass is 19.1. The van der Waals surface area contributed by atoms with E-state index in [0.29, 0.717) is 12.1 Å². The van der Waals surface area contributed by atoms with Gasteiger partial charge in [-0.1, -0.05) is 48.5 Å². The summed E-state index contributed by atoms with van der Waals surface area (Å²) < 4.78 is 18.9. The lowest BCUT2D eigenvalue weighted by molar-refractivity contribution is 0.0437. The standard InChI is InChI=1S/C34H40FN5O3/c1-33(2,3)43-32(42)39-34(4,5)25-18-27(40(21-25)20-22-9-7-6-8-10-22)19-36-31(41)30-37-28-16-13-24(17-29(28)38-30)23-11-14-26(35)15-12-23/h6-17,25,27H,18-21H2,1-5H3,(H,36,41)(H,37,38)(H,39,42)/t25?,27-/m0/s1. The molecule has 2 amide bonds. The molecule has 0 spiro atoms. The number of fused-ring (bicyclic) bond motifs is 1. The number of rotatable bonds is 8. The fraction of sp³-hybridized carbons (Fsp3) is 0.382. The number of aromatic amines is 1. The molecule has 5 rings (SSSR count). The predicted octanol–water partition coefficient (Wildman–Crippen LogP) is 6.29. The minimum atomic E-state index is -0.582. The van der Waals surface area contributed by atoms with E-state index in [2.05, 4.69) is 37.6 Å². The van der Waals surface area contributed by atoms with Crippen molar-refractivity contribution in [2.75, 3.05) is 13.1 Å². The van der Waals surface area contributed by atoms with E-state index in [1.54, 1.807) is 12.1 Å². The predicted molar refractivity (Wildman–Crippen MR) is 166 cm³/mol. The number of carbonyl (C=O) groups excluding carboxylic acids is 2. The van der Waals surface area contributed by atoms with Gasteiger partial charge in [0.2, 0.25) is 0 Å². The highest BCUT2D eigenvalue weighted by Gasteiger charge is 2.42. The molecule has 226 valence electrons. The number of halogens is 1. The third kappa shape index (κ3) is 7.59. The van der Waals surface area contributed by atoms with E-state index in [-0.39, 0.29) is 29.5 Å². The summed E-state index contributed by atoms with van der Waals surface area (Å²) in [6.07, 6.45) is 0.355. The van der Waals surface area contributed by atoms with E-state index < -0.39 is 17.2 Å². The van der Waals surface area contributed by atoms with Gasteiger partial charge in [0, 0.05) is 31.2 Å². The van der Waals surface area contributed by atoms with Gasteiger partial charge in [0.15, 0.2) is 5.82 Å². The molecular formula is C34H40FN5O3. The number of nitrogens with one attached hydrogen (secondary N) is 3. The maximum atomic E-state index is 13.4. The fourth-order valence-electron chi connectivity index (χ4n) is 5.63. The Morgan fingerprint density at radius 1 is 1.00 bits per heavy atom. The van der Waals surface area contributed by atoms with Gasteiger partial charge >= 0.3 is 6.09 Å². The number of imidazole rings is 1. The Bertz CT molecular complexity index is 1580. The van der Waals surface area contributed by atoms with E-state index in [4.69, 9.17) is 4.74 Å². The van der Waals surface area contributed by atoms with Gasteiger partial charge in [-0.05, 0) is 87.9 Å². The number of nitrogens with zero attached hydrogens (tertiary/aromatic N) is 2. The molecule has 8 nitrogen and oxygen atoms in total. The van der Waals surface area contributed by atoms with Gasteiger partial charge in [-0.3, -0.25) is 9.69 Å². The second kappa shape index (κ2) is 12.2. The number of H-pyrrole nitrogens is 1. The molecule has 43 heavy (non-hydrogen) atoms.